The monoisotopic (exact) mass is 286 g/mol. The first kappa shape index (κ1) is 14.6. The van der Waals surface area contributed by atoms with Crippen LogP contribution in [0.15, 0.2) is 24.3 Å². The molecule has 2 nitrogen and oxygen atoms in total. The van der Waals surface area contributed by atoms with E-state index < -0.39 is 18.5 Å². The smallest absolute Gasteiger partial charge is 0.318 e. The average Bonchev–Trinajstić information content (AvgIpc) is 2.15. The summed E-state index contributed by atoms with van der Waals surface area (Å²) < 4.78 is 53.7. The Morgan fingerprint density at radius 1 is 1.41 bits per heavy atom. The highest BCUT2D eigenvalue weighted by atomic mass is 35.7. The first-order valence-electron chi connectivity index (χ1n) is 4.84. The summed E-state index contributed by atoms with van der Waals surface area (Å²) in [5, 5.41) is 0. The number of hydrogen-bond donors (Lipinski definition) is 0. The number of halogens is 4. The Morgan fingerprint density at radius 3 is 2.59 bits per heavy atom. The highest BCUT2D eigenvalue weighted by molar-refractivity contribution is 7.84. The van der Waals surface area contributed by atoms with Crippen LogP contribution in [0.5, 0.6) is 0 Å². The molecule has 1 unspecified atom stereocenters. The summed E-state index contributed by atoms with van der Waals surface area (Å²) in [6.07, 6.45) is -4.63. The predicted octanol–water partition coefficient (Wildman–Crippen LogP) is 4.67. The van der Waals surface area contributed by atoms with Crippen molar-refractivity contribution in [2.24, 2.45) is 0 Å². The van der Waals surface area contributed by atoms with Crippen molar-refractivity contribution in [3.8, 4) is 0 Å². The van der Waals surface area contributed by atoms with Crippen LogP contribution in [0.4, 0.5) is 13.2 Å². The lowest BCUT2D eigenvalue weighted by molar-refractivity contribution is -0.137. The first-order valence-corrected chi connectivity index (χ1v) is 7.55. The van der Waals surface area contributed by atoms with Crippen LogP contribution in [0.25, 0.3) is 0 Å². The van der Waals surface area contributed by atoms with Gasteiger partial charge in [0.15, 0.2) is 0 Å². The van der Waals surface area contributed by atoms with Crippen LogP contribution >= 0.6 is 18.0 Å². The summed E-state index contributed by atoms with van der Waals surface area (Å²) in [5.41, 5.74) is -0.547. The fourth-order valence-corrected chi connectivity index (χ4v) is 3.12. The van der Waals surface area contributed by atoms with E-state index >= 15 is 0 Å². The van der Waals surface area contributed by atoms with Crippen molar-refractivity contribution in [2.75, 3.05) is 6.61 Å². The van der Waals surface area contributed by atoms with Crippen LogP contribution in [0.2, 0.25) is 0 Å². The second-order valence-electron chi connectivity index (χ2n) is 3.36. The molecular formula is C10H11ClF3O2P. The molecule has 0 aromatic heterocycles. The van der Waals surface area contributed by atoms with Gasteiger partial charge in [0.25, 0.3) is 6.72 Å². The molecule has 17 heavy (non-hydrogen) atoms. The van der Waals surface area contributed by atoms with E-state index in [1.807, 2.05) is 0 Å². The second kappa shape index (κ2) is 5.42. The zero-order chi connectivity index (χ0) is 13.1. The van der Waals surface area contributed by atoms with Crippen molar-refractivity contribution >= 4 is 18.0 Å². The number of hydrogen-bond acceptors (Lipinski definition) is 2. The Morgan fingerprint density at radius 2 is 2.06 bits per heavy atom. The molecule has 0 bridgehead atoms. The van der Waals surface area contributed by atoms with E-state index in [0.29, 0.717) is 0 Å². The fraction of sp³-hybridized carbons (Fsp3) is 0.400. The molecule has 0 aliphatic heterocycles. The van der Waals surface area contributed by atoms with Gasteiger partial charge in [-0.2, -0.15) is 13.2 Å². The summed E-state index contributed by atoms with van der Waals surface area (Å²) in [7, 11) is 0. The molecule has 0 aliphatic carbocycles. The Balaban J connectivity index is 2.90. The van der Waals surface area contributed by atoms with Crippen molar-refractivity contribution in [3.63, 3.8) is 0 Å². The molecular weight excluding hydrogens is 276 g/mol. The zero-order valence-corrected chi connectivity index (χ0v) is 10.6. The minimum absolute atomic E-state index is 0.153. The lowest BCUT2D eigenvalue weighted by atomic mass is 10.1. The van der Waals surface area contributed by atoms with Gasteiger partial charge < -0.3 is 4.52 Å². The van der Waals surface area contributed by atoms with Crippen LogP contribution in [-0.4, -0.2) is 6.61 Å². The molecule has 0 saturated carbocycles. The molecule has 0 fully saturated rings. The molecule has 1 atom stereocenters. The summed E-state index contributed by atoms with van der Waals surface area (Å²) in [6, 6.07) is 4.56. The van der Waals surface area contributed by atoms with E-state index in [9.17, 15) is 17.7 Å². The van der Waals surface area contributed by atoms with Crippen LogP contribution in [0, 0.1) is 0 Å². The molecule has 0 heterocycles. The van der Waals surface area contributed by atoms with Gasteiger partial charge in [0.1, 0.15) is 0 Å². The molecule has 96 valence electrons. The van der Waals surface area contributed by atoms with Crippen molar-refractivity contribution in [2.45, 2.75) is 19.3 Å². The van der Waals surface area contributed by atoms with Gasteiger partial charge in [-0.15, -0.1) is 0 Å². The highest BCUT2D eigenvalue weighted by Gasteiger charge is 2.31. The molecule has 1 aromatic rings. The number of rotatable bonds is 4. The molecule has 0 spiro atoms. The van der Waals surface area contributed by atoms with Crippen molar-refractivity contribution in [1.82, 2.24) is 0 Å². The normalized spacial score (nSPS) is 15.6. The number of benzene rings is 1. The highest BCUT2D eigenvalue weighted by Crippen LogP contribution is 2.55. The van der Waals surface area contributed by atoms with E-state index in [0.717, 1.165) is 12.1 Å². The predicted molar refractivity (Wildman–Crippen MR) is 60.2 cm³/mol. The van der Waals surface area contributed by atoms with Crippen LogP contribution < -0.4 is 0 Å². The Hall–Kier alpha value is -0.510. The average molecular weight is 287 g/mol. The standard InChI is InChI=1S/C10H11ClF3O2P/c1-2-16-17(11,15)7-8-4-3-5-9(6-8)10(12,13)14/h3-6H,2,7H2,1H3. The molecule has 7 heteroatoms. The van der Waals surface area contributed by atoms with E-state index in [4.69, 9.17) is 15.8 Å². The third-order valence-electron chi connectivity index (χ3n) is 1.95. The third-order valence-corrected chi connectivity index (χ3v) is 3.99. The summed E-state index contributed by atoms with van der Waals surface area (Å²) >= 11 is 5.59. The van der Waals surface area contributed by atoms with Gasteiger partial charge in [0.05, 0.1) is 18.3 Å². The third kappa shape index (κ3) is 4.70. The molecule has 0 N–H and O–H groups in total. The quantitative estimate of drug-likeness (QED) is 0.752. The first-order chi connectivity index (χ1) is 7.74. The van der Waals surface area contributed by atoms with E-state index in [-0.39, 0.29) is 18.3 Å². The van der Waals surface area contributed by atoms with Crippen LogP contribution in [0.3, 0.4) is 0 Å². The minimum atomic E-state index is -4.42. The zero-order valence-electron chi connectivity index (χ0n) is 9.00. The van der Waals surface area contributed by atoms with Gasteiger partial charge in [-0.25, -0.2) is 0 Å². The van der Waals surface area contributed by atoms with Gasteiger partial charge in [-0.05, 0) is 29.8 Å². The number of alkyl halides is 3. The topological polar surface area (TPSA) is 26.3 Å². The van der Waals surface area contributed by atoms with E-state index in [1.54, 1.807) is 6.92 Å². The van der Waals surface area contributed by atoms with Crippen LogP contribution in [-0.2, 0) is 21.4 Å². The maximum Gasteiger partial charge on any atom is 0.416 e. The molecule has 0 saturated heterocycles. The van der Waals surface area contributed by atoms with Gasteiger partial charge >= 0.3 is 6.18 Å². The van der Waals surface area contributed by atoms with Crippen molar-refractivity contribution in [3.05, 3.63) is 35.4 Å². The SMILES string of the molecule is CCOP(=O)(Cl)Cc1cccc(C(F)(F)F)c1. The van der Waals surface area contributed by atoms with Gasteiger partial charge in [0.2, 0.25) is 0 Å². The molecule has 0 radical (unpaired) electrons. The largest absolute Gasteiger partial charge is 0.416 e. The fourth-order valence-electron chi connectivity index (χ4n) is 1.30. The van der Waals surface area contributed by atoms with E-state index in [2.05, 4.69) is 0 Å². The van der Waals surface area contributed by atoms with Crippen LogP contribution in [0.1, 0.15) is 18.1 Å². The maximum absolute atomic E-state index is 12.4. The molecule has 1 aromatic carbocycles. The lowest BCUT2D eigenvalue weighted by Crippen LogP contribution is -2.05. The molecule has 1 rings (SSSR count). The lowest BCUT2D eigenvalue weighted by Gasteiger charge is -2.12. The summed E-state index contributed by atoms with van der Waals surface area (Å²) in [5.74, 6) is 0. The van der Waals surface area contributed by atoms with Crippen molar-refractivity contribution in [1.29, 1.82) is 0 Å². The van der Waals surface area contributed by atoms with Gasteiger partial charge in [-0.3, -0.25) is 4.57 Å². The minimum Gasteiger partial charge on any atom is -0.318 e. The Kier molecular flexibility index (Phi) is 4.64. The van der Waals surface area contributed by atoms with Gasteiger partial charge in [-0.1, -0.05) is 18.2 Å². The molecule has 0 amide bonds. The van der Waals surface area contributed by atoms with E-state index in [1.165, 1.54) is 12.1 Å². The van der Waals surface area contributed by atoms with Gasteiger partial charge in [0, 0.05) is 0 Å². The molecule has 0 aliphatic rings. The Bertz CT molecular complexity index is 434. The van der Waals surface area contributed by atoms with Crippen molar-refractivity contribution < 1.29 is 22.3 Å². The maximum atomic E-state index is 12.4. The summed E-state index contributed by atoms with van der Waals surface area (Å²) in [6.45, 7) is -1.62. The second-order valence-corrected chi connectivity index (χ2v) is 6.66. The Labute approximate surface area is 102 Å². The summed E-state index contributed by atoms with van der Waals surface area (Å²) in [4.78, 5) is 0.